The third kappa shape index (κ3) is 7.17. The average molecular weight is 545 g/mol. The molecule has 0 unspecified atom stereocenters. The van der Waals surface area contributed by atoms with Crippen molar-refractivity contribution in [1.29, 1.82) is 0 Å². The summed E-state index contributed by atoms with van der Waals surface area (Å²) in [6, 6.07) is 6.97. The zero-order valence-electron chi connectivity index (χ0n) is 20.0. The van der Waals surface area contributed by atoms with Gasteiger partial charge < -0.3 is 4.74 Å². The zero-order chi connectivity index (χ0) is 26.7. The van der Waals surface area contributed by atoms with Gasteiger partial charge >= 0.3 is 6.18 Å². The number of benzene rings is 1. The monoisotopic (exact) mass is 544 g/mol. The Morgan fingerprint density at radius 2 is 1.89 bits per heavy atom. The quantitative estimate of drug-likeness (QED) is 0.223. The lowest BCUT2D eigenvalue weighted by Gasteiger charge is -2.20. The van der Waals surface area contributed by atoms with Gasteiger partial charge in [0, 0.05) is 17.5 Å². The number of rotatable bonds is 11. The number of nitrogens with zero attached hydrogens (tertiary/aromatic N) is 2. The highest BCUT2D eigenvalue weighted by molar-refractivity contribution is 7.85. The standard InChI is InChI=1S/C24H27F3N2O5S2/c1-4-6-20(22-9-8-21(35-22)19(30)7-5-10-36(31,32)33)34-18-11-15(2)23(16(3)12-18)29-14-17(13-28-29)24(25,26)27/h8-9,11-14,20H,4-7,10H2,1-3H3,(H,31,32,33)/t20-/m0/s1. The third-order valence-corrected chi connectivity index (χ3v) is 7.48. The Bertz CT molecular complexity index is 1310. The Morgan fingerprint density at radius 3 is 2.44 bits per heavy atom. The van der Waals surface area contributed by atoms with Crippen LogP contribution in [0.4, 0.5) is 13.2 Å². The van der Waals surface area contributed by atoms with Crippen molar-refractivity contribution in [3.05, 3.63) is 63.1 Å². The van der Waals surface area contributed by atoms with Gasteiger partial charge in [-0.3, -0.25) is 9.35 Å². The SMILES string of the molecule is CCC[C@H](Oc1cc(C)c(-n2cc(C(F)(F)F)cn2)c(C)c1)c1ccc(C(=O)CCCS(=O)(=O)O)s1. The molecule has 0 saturated carbocycles. The summed E-state index contributed by atoms with van der Waals surface area (Å²) < 4.78 is 77.0. The molecule has 0 bridgehead atoms. The van der Waals surface area contributed by atoms with Crippen LogP contribution >= 0.6 is 11.3 Å². The molecule has 0 fully saturated rings. The molecule has 0 radical (unpaired) electrons. The minimum Gasteiger partial charge on any atom is -0.485 e. The molecule has 36 heavy (non-hydrogen) atoms. The molecule has 12 heteroatoms. The molecule has 0 aliphatic carbocycles. The van der Waals surface area contributed by atoms with E-state index in [0.717, 1.165) is 23.7 Å². The minimum atomic E-state index is -4.48. The topological polar surface area (TPSA) is 98.5 Å². The number of carbonyl (C=O) groups excluding carboxylic acids is 1. The molecule has 7 nitrogen and oxygen atoms in total. The second-order valence-corrected chi connectivity index (χ2v) is 11.2. The van der Waals surface area contributed by atoms with E-state index in [2.05, 4.69) is 5.10 Å². The van der Waals surface area contributed by atoms with E-state index < -0.39 is 27.6 Å². The normalized spacial score (nSPS) is 13.1. The average Bonchev–Trinajstić information content (AvgIpc) is 3.42. The molecule has 0 aliphatic heterocycles. The first-order valence-corrected chi connectivity index (χ1v) is 13.7. The maximum Gasteiger partial charge on any atom is 0.419 e. The van der Waals surface area contributed by atoms with Crippen LogP contribution in [0.3, 0.4) is 0 Å². The van der Waals surface area contributed by atoms with Gasteiger partial charge in [0.05, 0.1) is 28.1 Å². The maximum absolute atomic E-state index is 13.0. The summed E-state index contributed by atoms with van der Waals surface area (Å²) in [6.07, 6.45) is -1.56. The van der Waals surface area contributed by atoms with Gasteiger partial charge in [-0.1, -0.05) is 13.3 Å². The molecular formula is C24H27F3N2O5S2. The van der Waals surface area contributed by atoms with Crippen molar-refractivity contribution in [2.45, 2.75) is 58.7 Å². The van der Waals surface area contributed by atoms with Crippen LogP contribution in [0.1, 0.15) is 70.0 Å². The van der Waals surface area contributed by atoms with Crippen LogP contribution in [0, 0.1) is 13.8 Å². The number of hydrogen-bond donors (Lipinski definition) is 1. The Balaban J connectivity index is 1.78. The molecule has 196 valence electrons. The lowest BCUT2D eigenvalue weighted by Crippen LogP contribution is -2.08. The number of carbonyl (C=O) groups is 1. The van der Waals surface area contributed by atoms with Crippen molar-refractivity contribution in [1.82, 2.24) is 9.78 Å². The van der Waals surface area contributed by atoms with Crippen LogP contribution in [0.15, 0.2) is 36.7 Å². The second kappa shape index (κ2) is 11.1. The van der Waals surface area contributed by atoms with Crippen LogP contribution in [-0.4, -0.2) is 34.3 Å². The molecule has 3 rings (SSSR count). The summed E-state index contributed by atoms with van der Waals surface area (Å²) in [7, 11) is -4.11. The van der Waals surface area contributed by atoms with Gasteiger partial charge in [-0.15, -0.1) is 11.3 Å². The number of hydrogen-bond acceptors (Lipinski definition) is 6. The molecule has 0 spiro atoms. The summed E-state index contributed by atoms with van der Waals surface area (Å²) in [6.45, 7) is 5.54. The number of aryl methyl sites for hydroxylation is 2. The number of aromatic nitrogens is 2. The molecule has 1 N–H and O–H groups in total. The number of alkyl halides is 3. The van der Waals surface area contributed by atoms with Crippen molar-refractivity contribution in [2.24, 2.45) is 0 Å². The molecule has 1 atom stereocenters. The molecule has 3 aromatic rings. The van der Waals surface area contributed by atoms with E-state index in [-0.39, 0.29) is 24.7 Å². The van der Waals surface area contributed by atoms with Crippen molar-refractivity contribution in [2.75, 3.05) is 5.75 Å². The number of halogens is 3. The summed E-state index contributed by atoms with van der Waals surface area (Å²) in [5.41, 5.74) is 1.10. The second-order valence-electron chi connectivity index (χ2n) is 8.49. The summed E-state index contributed by atoms with van der Waals surface area (Å²) in [5.74, 6) is -0.132. The lowest BCUT2D eigenvalue weighted by molar-refractivity contribution is -0.137. The smallest absolute Gasteiger partial charge is 0.419 e. The van der Waals surface area contributed by atoms with E-state index in [1.165, 1.54) is 16.0 Å². The van der Waals surface area contributed by atoms with Crippen LogP contribution in [0.25, 0.3) is 5.69 Å². The van der Waals surface area contributed by atoms with Crippen molar-refractivity contribution in [3.8, 4) is 11.4 Å². The highest BCUT2D eigenvalue weighted by atomic mass is 32.2. The first-order valence-electron chi connectivity index (χ1n) is 11.3. The van der Waals surface area contributed by atoms with Crippen LogP contribution in [-0.2, 0) is 16.3 Å². The van der Waals surface area contributed by atoms with Crippen molar-refractivity contribution >= 4 is 27.2 Å². The highest BCUT2D eigenvalue weighted by Gasteiger charge is 2.32. The number of thiophene rings is 1. The summed E-state index contributed by atoms with van der Waals surface area (Å²) in [5, 5.41) is 3.87. The van der Waals surface area contributed by atoms with Crippen LogP contribution < -0.4 is 4.74 Å². The van der Waals surface area contributed by atoms with Crippen molar-refractivity contribution < 1.29 is 35.7 Å². The molecule has 0 amide bonds. The first kappa shape index (κ1) is 27.9. The Labute approximate surface area is 211 Å². The first-order chi connectivity index (χ1) is 16.8. The van der Waals surface area contributed by atoms with Gasteiger partial charge in [-0.2, -0.15) is 26.7 Å². The molecule has 0 saturated heterocycles. The fourth-order valence-corrected chi connectivity index (χ4v) is 5.39. The van der Waals surface area contributed by atoms with E-state index in [1.807, 2.05) is 6.92 Å². The van der Waals surface area contributed by atoms with Gasteiger partial charge in [0.2, 0.25) is 0 Å². The molecular weight excluding hydrogens is 517 g/mol. The number of ether oxygens (including phenoxy) is 1. The minimum absolute atomic E-state index is 0.00236. The number of ketones is 1. The Kier molecular flexibility index (Phi) is 8.63. The summed E-state index contributed by atoms with van der Waals surface area (Å²) in [4.78, 5) is 13.7. The fraction of sp³-hybridized carbons (Fsp3) is 0.417. The molecule has 0 aliphatic rings. The Morgan fingerprint density at radius 1 is 1.22 bits per heavy atom. The fourth-order valence-electron chi connectivity index (χ4n) is 3.84. The largest absolute Gasteiger partial charge is 0.485 e. The Hall–Kier alpha value is -2.70. The number of Topliss-reactive ketones (excluding diaryl/α,β-unsaturated/α-hetero) is 1. The van der Waals surface area contributed by atoms with E-state index in [4.69, 9.17) is 9.29 Å². The predicted octanol–water partition coefficient (Wildman–Crippen LogP) is 6.34. The van der Waals surface area contributed by atoms with E-state index >= 15 is 0 Å². The van der Waals surface area contributed by atoms with Gasteiger partial charge in [-0.25, -0.2) is 4.68 Å². The van der Waals surface area contributed by atoms with Gasteiger partial charge in [0.25, 0.3) is 10.1 Å². The third-order valence-electron chi connectivity index (χ3n) is 5.46. The van der Waals surface area contributed by atoms with Gasteiger partial charge in [-0.05, 0) is 62.1 Å². The van der Waals surface area contributed by atoms with Crippen LogP contribution in [0.2, 0.25) is 0 Å². The zero-order valence-corrected chi connectivity index (χ0v) is 21.6. The summed E-state index contributed by atoms with van der Waals surface area (Å²) >= 11 is 1.27. The molecule has 1 aromatic carbocycles. The van der Waals surface area contributed by atoms with E-state index in [1.54, 1.807) is 38.1 Å². The maximum atomic E-state index is 13.0. The van der Waals surface area contributed by atoms with Crippen molar-refractivity contribution in [3.63, 3.8) is 0 Å². The van der Waals surface area contributed by atoms with Crippen LogP contribution in [0.5, 0.6) is 5.75 Å². The molecule has 2 aromatic heterocycles. The van der Waals surface area contributed by atoms with Gasteiger partial charge in [0.15, 0.2) is 5.78 Å². The highest BCUT2D eigenvalue weighted by Crippen LogP contribution is 2.35. The molecule has 2 heterocycles. The van der Waals surface area contributed by atoms with E-state index in [0.29, 0.717) is 33.9 Å². The lowest BCUT2D eigenvalue weighted by atomic mass is 10.1. The van der Waals surface area contributed by atoms with Gasteiger partial charge in [0.1, 0.15) is 11.9 Å². The van der Waals surface area contributed by atoms with E-state index in [9.17, 15) is 26.4 Å². The predicted molar refractivity (Wildman–Crippen MR) is 131 cm³/mol.